The molecular weight excluding hydrogens is 623 g/mol. The van der Waals surface area contributed by atoms with E-state index < -0.39 is 0 Å². The molecule has 1 aliphatic carbocycles. The Kier molecular flexibility index (Phi) is 5.92. The number of rotatable bonds is 4. The van der Waals surface area contributed by atoms with Crippen molar-refractivity contribution in [3.63, 3.8) is 0 Å². The first-order chi connectivity index (χ1) is 25.3. The van der Waals surface area contributed by atoms with Crippen LogP contribution in [0.2, 0.25) is 0 Å². The average Bonchev–Trinajstić information content (AvgIpc) is 3.75. The van der Waals surface area contributed by atoms with E-state index in [0.29, 0.717) is 17.5 Å². The van der Waals surface area contributed by atoms with Crippen molar-refractivity contribution < 1.29 is 4.42 Å². The predicted molar refractivity (Wildman–Crippen MR) is 208 cm³/mol. The van der Waals surface area contributed by atoms with Crippen LogP contribution in [0, 0.1) is 0 Å². The van der Waals surface area contributed by atoms with Crippen LogP contribution < -0.4 is 0 Å². The second kappa shape index (κ2) is 10.8. The Bertz CT molecular complexity index is 3040. The normalized spacial score (nSPS) is 11.9. The first kappa shape index (κ1) is 28.0. The Balaban J connectivity index is 1.18. The van der Waals surface area contributed by atoms with E-state index >= 15 is 0 Å². The molecule has 0 fully saturated rings. The van der Waals surface area contributed by atoms with Gasteiger partial charge in [0.1, 0.15) is 11.2 Å². The van der Waals surface area contributed by atoms with Crippen molar-refractivity contribution in [1.29, 1.82) is 0 Å². The van der Waals surface area contributed by atoms with Crippen molar-refractivity contribution >= 4 is 43.5 Å². The van der Waals surface area contributed by atoms with Gasteiger partial charge in [0.15, 0.2) is 17.5 Å². The monoisotopic (exact) mass is 649 g/mol. The van der Waals surface area contributed by atoms with E-state index in [0.717, 1.165) is 55.1 Å². The topological polar surface area (TPSA) is 51.8 Å². The maximum Gasteiger partial charge on any atom is 0.164 e. The molecule has 0 N–H and O–H groups in total. The summed E-state index contributed by atoms with van der Waals surface area (Å²) in [6.07, 6.45) is 0. The van der Waals surface area contributed by atoms with Crippen LogP contribution in [-0.2, 0) is 0 Å². The number of furan rings is 1. The van der Waals surface area contributed by atoms with E-state index in [-0.39, 0.29) is 0 Å². The Morgan fingerprint density at radius 3 is 1.78 bits per heavy atom. The largest absolute Gasteiger partial charge is 0.456 e. The summed E-state index contributed by atoms with van der Waals surface area (Å²) >= 11 is 0. The second-order valence-corrected chi connectivity index (χ2v) is 13.1. The number of hydrogen-bond donors (Lipinski definition) is 0. The molecule has 0 radical (unpaired) electrons. The van der Waals surface area contributed by atoms with Crippen LogP contribution in [-0.4, -0.2) is 15.0 Å². The zero-order valence-electron chi connectivity index (χ0n) is 27.3. The fourth-order valence-corrected chi connectivity index (χ4v) is 8.01. The SMILES string of the molecule is c1ccc(-c2cccc3c2-c2cccc4cccc-3c24)c(-c2nc(-c3ccc4ccccc4c3)nc(-c3cccc4oc5ccccc5c34)n2)c1. The van der Waals surface area contributed by atoms with Crippen LogP contribution >= 0.6 is 0 Å². The Morgan fingerprint density at radius 2 is 0.902 bits per heavy atom. The van der Waals surface area contributed by atoms with Crippen molar-refractivity contribution in [3.05, 3.63) is 164 Å². The van der Waals surface area contributed by atoms with E-state index in [4.69, 9.17) is 19.4 Å². The van der Waals surface area contributed by atoms with Crippen LogP contribution in [0.5, 0.6) is 0 Å². The number of nitrogens with zero attached hydrogens (tertiary/aromatic N) is 3. The fraction of sp³-hybridized carbons (Fsp3) is 0. The van der Waals surface area contributed by atoms with Crippen molar-refractivity contribution in [1.82, 2.24) is 15.0 Å². The van der Waals surface area contributed by atoms with Gasteiger partial charge in [-0.25, -0.2) is 15.0 Å². The third-order valence-electron chi connectivity index (χ3n) is 10.3. The maximum atomic E-state index is 6.29. The van der Waals surface area contributed by atoms with Gasteiger partial charge in [-0.3, -0.25) is 0 Å². The standard InChI is InChI=1S/C47H27N3O/c1-2-12-30-27-31(26-25-28(30)11-1)45-48-46(50-47(49-45)39-22-10-24-41-44(39)37-17-5-6-23-40(37)51-41)36-16-4-3-15-32(36)33-19-9-20-35-34-18-7-13-29-14-8-21-38(42(29)34)43(33)35/h1-27H. The van der Waals surface area contributed by atoms with Gasteiger partial charge in [0.25, 0.3) is 0 Å². The molecule has 51 heavy (non-hydrogen) atoms. The van der Waals surface area contributed by atoms with E-state index in [1.54, 1.807) is 0 Å². The zero-order chi connectivity index (χ0) is 33.5. The third-order valence-corrected chi connectivity index (χ3v) is 10.3. The van der Waals surface area contributed by atoms with Crippen molar-refractivity contribution in [3.8, 4) is 67.5 Å². The molecule has 8 aromatic carbocycles. The highest BCUT2D eigenvalue weighted by Gasteiger charge is 2.26. The van der Waals surface area contributed by atoms with Gasteiger partial charge in [0, 0.05) is 27.5 Å². The van der Waals surface area contributed by atoms with Gasteiger partial charge in [-0.05, 0) is 73.1 Å². The Morgan fingerprint density at radius 1 is 0.333 bits per heavy atom. The predicted octanol–water partition coefficient (Wildman–Crippen LogP) is 12.4. The van der Waals surface area contributed by atoms with Crippen molar-refractivity contribution in [2.75, 3.05) is 0 Å². The molecule has 0 spiro atoms. The molecule has 0 unspecified atom stereocenters. The molecule has 0 amide bonds. The van der Waals surface area contributed by atoms with Gasteiger partial charge in [-0.2, -0.15) is 0 Å². The minimum absolute atomic E-state index is 0.602. The Hall–Kier alpha value is -6.91. The van der Waals surface area contributed by atoms with Crippen molar-refractivity contribution in [2.24, 2.45) is 0 Å². The lowest BCUT2D eigenvalue weighted by atomic mass is 9.90. The Labute approximate surface area is 293 Å². The number of benzene rings is 8. The van der Waals surface area contributed by atoms with Crippen LogP contribution in [0.4, 0.5) is 0 Å². The molecule has 11 rings (SSSR count). The molecule has 2 heterocycles. The number of fused-ring (bicyclic) bond motifs is 7. The van der Waals surface area contributed by atoms with Crippen LogP contribution in [0.3, 0.4) is 0 Å². The summed E-state index contributed by atoms with van der Waals surface area (Å²) in [4.78, 5) is 15.7. The summed E-state index contributed by atoms with van der Waals surface area (Å²) in [6, 6.07) is 57.4. The molecule has 10 aromatic rings. The fourth-order valence-electron chi connectivity index (χ4n) is 8.01. The quantitative estimate of drug-likeness (QED) is 0.190. The van der Waals surface area contributed by atoms with E-state index in [1.807, 2.05) is 30.3 Å². The summed E-state index contributed by atoms with van der Waals surface area (Å²) in [7, 11) is 0. The molecule has 0 bridgehead atoms. The smallest absolute Gasteiger partial charge is 0.164 e. The van der Waals surface area contributed by atoms with Crippen LogP contribution in [0.1, 0.15) is 0 Å². The summed E-state index contributed by atoms with van der Waals surface area (Å²) in [5, 5.41) is 6.89. The number of para-hydroxylation sites is 1. The summed E-state index contributed by atoms with van der Waals surface area (Å²) in [6.45, 7) is 0. The molecule has 0 aliphatic heterocycles. The number of aromatic nitrogens is 3. The van der Waals surface area contributed by atoms with Gasteiger partial charge in [0.2, 0.25) is 0 Å². The van der Waals surface area contributed by atoms with Gasteiger partial charge >= 0.3 is 0 Å². The first-order valence-electron chi connectivity index (χ1n) is 17.2. The van der Waals surface area contributed by atoms with Crippen LogP contribution in [0.25, 0.3) is 111 Å². The first-order valence-corrected chi connectivity index (χ1v) is 17.2. The molecular formula is C47H27N3O. The molecule has 236 valence electrons. The second-order valence-electron chi connectivity index (χ2n) is 13.1. The van der Waals surface area contributed by atoms with E-state index in [2.05, 4.69) is 133 Å². The minimum atomic E-state index is 0.602. The summed E-state index contributed by atoms with van der Waals surface area (Å²) in [5.74, 6) is 1.84. The van der Waals surface area contributed by atoms with E-state index in [1.165, 1.54) is 38.4 Å². The highest BCUT2D eigenvalue weighted by Crippen LogP contribution is 2.52. The van der Waals surface area contributed by atoms with Gasteiger partial charge in [-0.1, -0.05) is 146 Å². The maximum absolute atomic E-state index is 6.29. The van der Waals surface area contributed by atoms with Gasteiger partial charge in [-0.15, -0.1) is 0 Å². The highest BCUT2D eigenvalue weighted by molar-refractivity contribution is 6.18. The van der Waals surface area contributed by atoms with Gasteiger partial charge in [0.05, 0.1) is 0 Å². The highest BCUT2D eigenvalue weighted by atomic mass is 16.3. The zero-order valence-corrected chi connectivity index (χ0v) is 27.3. The lowest BCUT2D eigenvalue weighted by Crippen LogP contribution is -2.01. The van der Waals surface area contributed by atoms with E-state index in [9.17, 15) is 0 Å². The molecule has 4 nitrogen and oxygen atoms in total. The molecule has 2 aromatic heterocycles. The third kappa shape index (κ3) is 4.23. The number of hydrogen-bond acceptors (Lipinski definition) is 4. The van der Waals surface area contributed by atoms with Crippen molar-refractivity contribution in [2.45, 2.75) is 0 Å². The van der Waals surface area contributed by atoms with Gasteiger partial charge < -0.3 is 4.42 Å². The molecule has 0 saturated carbocycles. The summed E-state index contributed by atoms with van der Waals surface area (Å²) in [5.41, 5.74) is 11.7. The molecule has 1 aliphatic rings. The molecule has 0 atom stereocenters. The molecule has 0 saturated heterocycles. The molecule has 4 heteroatoms. The lowest BCUT2D eigenvalue weighted by Gasteiger charge is -2.15. The minimum Gasteiger partial charge on any atom is -0.456 e. The summed E-state index contributed by atoms with van der Waals surface area (Å²) < 4.78 is 6.29. The lowest BCUT2D eigenvalue weighted by molar-refractivity contribution is 0.669. The van der Waals surface area contributed by atoms with Crippen LogP contribution in [0.15, 0.2) is 168 Å². The average molecular weight is 650 g/mol.